The summed E-state index contributed by atoms with van der Waals surface area (Å²) < 4.78 is 11.8. The Balaban J connectivity index is 2.10. The number of ether oxygens (including phenoxy) is 2. The minimum atomic E-state index is -0.289. The Morgan fingerprint density at radius 3 is 2.67 bits per heavy atom. The third kappa shape index (κ3) is 3.49. The Bertz CT molecular complexity index is 463. The second-order valence-corrected chi connectivity index (χ2v) is 7.08. The van der Waals surface area contributed by atoms with Crippen LogP contribution in [0.15, 0.2) is 24.1 Å². The van der Waals surface area contributed by atoms with Gasteiger partial charge in [0.25, 0.3) is 5.91 Å². The molecule has 0 aliphatic carbocycles. The SMILES string of the molecule is CCN1C=CC(C)(C)C(OCC2OCCC2(C)C)=CC1=O. The van der Waals surface area contributed by atoms with Gasteiger partial charge in [-0.05, 0) is 32.6 Å². The van der Waals surface area contributed by atoms with Gasteiger partial charge in [-0.25, -0.2) is 0 Å². The third-order valence-electron chi connectivity index (χ3n) is 4.51. The molecule has 1 atom stereocenters. The van der Waals surface area contributed by atoms with Crippen LogP contribution in [-0.4, -0.2) is 36.7 Å². The van der Waals surface area contributed by atoms with Crippen LogP contribution in [0, 0.1) is 10.8 Å². The fraction of sp³-hybridized carbons (Fsp3) is 0.706. The summed E-state index contributed by atoms with van der Waals surface area (Å²) in [6.45, 7) is 12.4. The van der Waals surface area contributed by atoms with E-state index in [9.17, 15) is 4.79 Å². The Labute approximate surface area is 127 Å². The molecule has 1 saturated heterocycles. The van der Waals surface area contributed by atoms with Gasteiger partial charge >= 0.3 is 0 Å². The smallest absolute Gasteiger partial charge is 0.253 e. The van der Waals surface area contributed by atoms with Gasteiger partial charge in [0.2, 0.25) is 0 Å². The predicted octanol–water partition coefficient (Wildman–Crippen LogP) is 3.10. The van der Waals surface area contributed by atoms with Crippen molar-refractivity contribution in [3.8, 4) is 0 Å². The second kappa shape index (κ2) is 5.84. The molecule has 0 aromatic heterocycles. The molecule has 118 valence electrons. The van der Waals surface area contributed by atoms with Crippen molar-refractivity contribution in [2.75, 3.05) is 19.8 Å². The van der Waals surface area contributed by atoms with E-state index in [0.717, 1.165) is 13.0 Å². The molecule has 2 aliphatic heterocycles. The first-order chi connectivity index (χ1) is 9.76. The number of amides is 1. The average molecular weight is 293 g/mol. The number of nitrogens with zero attached hydrogens (tertiary/aromatic N) is 1. The lowest BCUT2D eigenvalue weighted by Gasteiger charge is -2.29. The number of hydrogen-bond acceptors (Lipinski definition) is 3. The first kappa shape index (κ1) is 16.1. The van der Waals surface area contributed by atoms with E-state index in [1.165, 1.54) is 0 Å². The topological polar surface area (TPSA) is 38.8 Å². The molecule has 21 heavy (non-hydrogen) atoms. The van der Waals surface area contributed by atoms with Crippen molar-refractivity contribution in [2.45, 2.75) is 47.1 Å². The highest BCUT2D eigenvalue weighted by molar-refractivity contribution is 5.89. The van der Waals surface area contributed by atoms with Crippen molar-refractivity contribution >= 4 is 5.91 Å². The molecule has 0 bridgehead atoms. The van der Waals surface area contributed by atoms with Crippen LogP contribution in [0.5, 0.6) is 0 Å². The first-order valence-electron chi connectivity index (χ1n) is 7.73. The third-order valence-corrected chi connectivity index (χ3v) is 4.51. The van der Waals surface area contributed by atoms with Gasteiger partial charge in [-0.3, -0.25) is 4.79 Å². The summed E-state index contributed by atoms with van der Waals surface area (Å²) in [5.41, 5.74) is -0.160. The van der Waals surface area contributed by atoms with Crippen molar-refractivity contribution in [1.29, 1.82) is 0 Å². The molecule has 0 N–H and O–H groups in total. The minimum Gasteiger partial charge on any atom is -0.494 e. The molecule has 0 spiro atoms. The van der Waals surface area contributed by atoms with E-state index in [2.05, 4.69) is 27.7 Å². The maximum atomic E-state index is 12.2. The molecule has 4 heteroatoms. The maximum absolute atomic E-state index is 12.2. The van der Waals surface area contributed by atoms with Crippen LogP contribution in [0.4, 0.5) is 0 Å². The number of allylic oxidation sites excluding steroid dienone is 1. The minimum absolute atomic E-state index is 0.0269. The zero-order valence-electron chi connectivity index (χ0n) is 13.8. The highest BCUT2D eigenvalue weighted by Crippen LogP contribution is 2.36. The predicted molar refractivity (Wildman–Crippen MR) is 82.5 cm³/mol. The van der Waals surface area contributed by atoms with Gasteiger partial charge in [0.15, 0.2) is 0 Å². The molecule has 1 unspecified atom stereocenters. The molecule has 0 radical (unpaired) electrons. The standard InChI is InChI=1S/C17H27NO3/c1-6-18-9-7-16(2,3)13(11-15(18)19)21-12-14-17(4,5)8-10-20-14/h7,9,11,14H,6,8,10,12H2,1-5H3. The number of carbonyl (C=O) groups excluding carboxylic acids is 1. The van der Waals surface area contributed by atoms with Crippen molar-refractivity contribution < 1.29 is 14.3 Å². The molecule has 4 nitrogen and oxygen atoms in total. The van der Waals surface area contributed by atoms with Crippen molar-refractivity contribution in [2.24, 2.45) is 10.8 Å². The lowest BCUT2D eigenvalue weighted by atomic mass is 9.86. The van der Waals surface area contributed by atoms with Gasteiger partial charge in [-0.2, -0.15) is 0 Å². The van der Waals surface area contributed by atoms with Crippen LogP contribution in [-0.2, 0) is 14.3 Å². The summed E-state index contributed by atoms with van der Waals surface area (Å²) in [6, 6.07) is 0. The lowest BCUT2D eigenvalue weighted by molar-refractivity contribution is -0.123. The average Bonchev–Trinajstić information content (AvgIpc) is 2.68. The van der Waals surface area contributed by atoms with E-state index in [-0.39, 0.29) is 22.8 Å². The molecule has 2 aliphatic rings. The molecular weight excluding hydrogens is 266 g/mol. The van der Waals surface area contributed by atoms with E-state index < -0.39 is 0 Å². The number of carbonyl (C=O) groups is 1. The summed E-state index contributed by atoms with van der Waals surface area (Å²) in [5, 5.41) is 0. The molecule has 2 heterocycles. The molecule has 2 rings (SSSR count). The van der Waals surface area contributed by atoms with Gasteiger partial charge in [0.1, 0.15) is 12.4 Å². The Morgan fingerprint density at radius 1 is 1.38 bits per heavy atom. The molecule has 0 aromatic carbocycles. The summed E-state index contributed by atoms with van der Waals surface area (Å²) in [5.74, 6) is 0.687. The summed E-state index contributed by atoms with van der Waals surface area (Å²) in [4.78, 5) is 13.8. The fourth-order valence-electron chi connectivity index (χ4n) is 2.59. The molecule has 0 saturated carbocycles. The van der Waals surface area contributed by atoms with Crippen LogP contribution < -0.4 is 0 Å². The number of rotatable bonds is 4. The van der Waals surface area contributed by atoms with Crippen LogP contribution in [0.1, 0.15) is 41.0 Å². The fourth-order valence-corrected chi connectivity index (χ4v) is 2.59. The maximum Gasteiger partial charge on any atom is 0.253 e. The van der Waals surface area contributed by atoms with E-state index in [1.54, 1.807) is 11.0 Å². The molecule has 0 aromatic rings. The highest BCUT2D eigenvalue weighted by atomic mass is 16.5. The van der Waals surface area contributed by atoms with E-state index >= 15 is 0 Å². The lowest BCUT2D eigenvalue weighted by Crippen LogP contribution is -2.30. The molecular formula is C17H27NO3. The van der Waals surface area contributed by atoms with Crippen molar-refractivity contribution in [1.82, 2.24) is 4.90 Å². The van der Waals surface area contributed by atoms with Gasteiger partial charge in [-0.15, -0.1) is 0 Å². The Kier molecular flexibility index (Phi) is 4.47. The Morgan fingerprint density at radius 2 is 2.10 bits per heavy atom. The normalized spacial score (nSPS) is 27.5. The molecule has 1 fully saturated rings. The van der Waals surface area contributed by atoms with Crippen LogP contribution >= 0.6 is 0 Å². The number of hydrogen-bond donors (Lipinski definition) is 0. The Hall–Kier alpha value is -1.29. The van der Waals surface area contributed by atoms with Gasteiger partial charge in [0, 0.05) is 30.8 Å². The molecule has 1 amide bonds. The van der Waals surface area contributed by atoms with E-state index in [1.807, 2.05) is 19.2 Å². The largest absolute Gasteiger partial charge is 0.494 e. The summed E-state index contributed by atoms with van der Waals surface area (Å²) >= 11 is 0. The monoisotopic (exact) mass is 293 g/mol. The van der Waals surface area contributed by atoms with E-state index in [0.29, 0.717) is 18.9 Å². The quantitative estimate of drug-likeness (QED) is 0.799. The van der Waals surface area contributed by atoms with Crippen LogP contribution in [0.2, 0.25) is 0 Å². The first-order valence-corrected chi connectivity index (χ1v) is 7.73. The zero-order chi connectivity index (χ0) is 15.7. The second-order valence-electron chi connectivity index (χ2n) is 7.08. The van der Waals surface area contributed by atoms with Gasteiger partial charge < -0.3 is 14.4 Å². The zero-order valence-corrected chi connectivity index (χ0v) is 13.8. The van der Waals surface area contributed by atoms with Gasteiger partial charge in [-0.1, -0.05) is 19.9 Å². The van der Waals surface area contributed by atoms with Crippen molar-refractivity contribution in [3.63, 3.8) is 0 Å². The van der Waals surface area contributed by atoms with E-state index in [4.69, 9.17) is 9.47 Å². The van der Waals surface area contributed by atoms with Gasteiger partial charge in [0.05, 0.1) is 6.10 Å². The van der Waals surface area contributed by atoms with Crippen LogP contribution in [0.3, 0.4) is 0 Å². The van der Waals surface area contributed by atoms with Crippen molar-refractivity contribution in [3.05, 3.63) is 24.1 Å². The summed E-state index contributed by atoms with van der Waals surface area (Å²) in [6.07, 6.45) is 6.62. The highest BCUT2D eigenvalue weighted by Gasteiger charge is 2.37. The van der Waals surface area contributed by atoms with Crippen LogP contribution in [0.25, 0.3) is 0 Å². The number of likely N-dealkylation sites (N-methyl/N-ethyl adjacent to an activating group) is 1. The summed E-state index contributed by atoms with van der Waals surface area (Å²) in [7, 11) is 0.